The van der Waals surface area contributed by atoms with Gasteiger partial charge in [0.25, 0.3) is 5.56 Å². The molecule has 2 rings (SSSR count). The average molecular weight is 308 g/mol. The minimum absolute atomic E-state index is 0.0309. The van der Waals surface area contributed by atoms with Crippen molar-refractivity contribution >= 4 is 11.8 Å². The van der Waals surface area contributed by atoms with Crippen molar-refractivity contribution in [2.45, 2.75) is 64.2 Å². The molecule has 1 aliphatic rings. The lowest BCUT2D eigenvalue weighted by molar-refractivity contribution is 0.0635. The summed E-state index contributed by atoms with van der Waals surface area (Å²) in [4.78, 5) is 24.3. The Balaban J connectivity index is 2.15. The maximum atomic E-state index is 12.5. The van der Waals surface area contributed by atoms with Gasteiger partial charge in [-0.2, -0.15) is 0 Å². The van der Waals surface area contributed by atoms with E-state index in [2.05, 4.69) is 5.32 Å². The van der Waals surface area contributed by atoms with Gasteiger partial charge in [0.1, 0.15) is 11.3 Å². The van der Waals surface area contributed by atoms with Gasteiger partial charge in [0.15, 0.2) is 0 Å². The van der Waals surface area contributed by atoms with Crippen molar-refractivity contribution in [1.82, 2.24) is 4.57 Å². The smallest absolute Gasteiger partial charge is 0.412 e. The number of aliphatic hydroxyl groups excluding tert-OH is 1. The maximum Gasteiger partial charge on any atom is 0.412 e. The molecule has 1 aromatic rings. The molecule has 1 aromatic heterocycles. The molecule has 0 radical (unpaired) electrons. The van der Waals surface area contributed by atoms with Crippen LogP contribution in [0.5, 0.6) is 0 Å². The van der Waals surface area contributed by atoms with Crippen LogP contribution in [0.4, 0.5) is 10.5 Å². The molecule has 1 saturated carbocycles. The summed E-state index contributed by atoms with van der Waals surface area (Å²) in [5.41, 5.74) is -0.699. The van der Waals surface area contributed by atoms with Gasteiger partial charge in [-0.25, -0.2) is 4.79 Å². The number of pyridine rings is 1. The molecule has 6 heteroatoms. The van der Waals surface area contributed by atoms with Gasteiger partial charge in [0.05, 0.1) is 6.10 Å². The monoisotopic (exact) mass is 308 g/mol. The molecule has 122 valence electrons. The lowest BCUT2D eigenvalue weighted by atomic mass is 9.93. The van der Waals surface area contributed by atoms with E-state index in [9.17, 15) is 14.7 Å². The number of nitrogens with one attached hydrogen (secondary N) is 1. The predicted molar refractivity (Wildman–Crippen MR) is 84.1 cm³/mol. The molecule has 0 spiro atoms. The lowest BCUT2D eigenvalue weighted by Crippen LogP contribution is -2.33. The third-order valence-corrected chi connectivity index (χ3v) is 3.62. The first-order valence-corrected chi connectivity index (χ1v) is 7.65. The SMILES string of the molecule is CC(C)(C)OC(=O)Nc1cccn([C@H]2CCC[C@H](O)C2)c1=O. The number of nitrogens with zero attached hydrogens (tertiary/aromatic N) is 1. The molecule has 1 aliphatic carbocycles. The Morgan fingerprint density at radius 3 is 2.77 bits per heavy atom. The fourth-order valence-corrected chi connectivity index (χ4v) is 2.70. The van der Waals surface area contributed by atoms with E-state index in [4.69, 9.17) is 4.74 Å². The van der Waals surface area contributed by atoms with Gasteiger partial charge >= 0.3 is 6.09 Å². The predicted octanol–water partition coefficient (Wildman–Crippen LogP) is 2.67. The van der Waals surface area contributed by atoms with Gasteiger partial charge in [-0.05, 0) is 58.6 Å². The van der Waals surface area contributed by atoms with E-state index < -0.39 is 11.7 Å². The topological polar surface area (TPSA) is 80.6 Å². The van der Waals surface area contributed by atoms with Crippen LogP contribution in [0, 0.1) is 0 Å². The highest BCUT2D eigenvalue weighted by atomic mass is 16.6. The van der Waals surface area contributed by atoms with E-state index in [1.54, 1.807) is 43.7 Å². The molecule has 22 heavy (non-hydrogen) atoms. The minimum Gasteiger partial charge on any atom is -0.444 e. The molecule has 1 amide bonds. The van der Waals surface area contributed by atoms with Crippen molar-refractivity contribution in [3.63, 3.8) is 0 Å². The van der Waals surface area contributed by atoms with Crippen molar-refractivity contribution in [2.24, 2.45) is 0 Å². The summed E-state index contributed by atoms with van der Waals surface area (Å²) in [7, 11) is 0. The molecule has 0 aromatic carbocycles. The van der Waals surface area contributed by atoms with Crippen molar-refractivity contribution in [1.29, 1.82) is 0 Å². The Labute approximate surface area is 130 Å². The zero-order chi connectivity index (χ0) is 16.3. The first kappa shape index (κ1) is 16.5. The molecule has 2 atom stereocenters. The maximum absolute atomic E-state index is 12.5. The van der Waals surface area contributed by atoms with Gasteiger partial charge in [-0.15, -0.1) is 0 Å². The van der Waals surface area contributed by atoms with Gasteiger partial charge in [0.2, 0.25) is 0 Å². The van der Waals surface area contributed by atoms with Crippen LogP contribution in [0.25, 0.3) is 0 Å². The number of aromatic nitrogens is 1. The molecule has 6 nitrogen and oxygen atoms in total. The quantitative estimate of drug-likeness (QED) is 0.880. The second-order valence-electron chi connectivity index (χ2n) is 6.74. The van der Waals surface area contributed by atoms with Crippen molar-refractivity contribution in [3.05, 3.63) is 28.7 Å². The van der Waals surface area contributed by atoms with Crippen LogP contribution in [0.3, 0.4) is 0 Å². The Hall–Kier alpha value is -1.82. The highest BCUT2D eigenvalue weighted by Gasteiger charge is 2.23. The van der Waals surface area contributed by atoms with Crippen LogP contribution in [0.1, 0.15) is 52.5 Å². The van der Waals surface area contributed by atoms with E-state index in [0.29, 0.717) is 6.42 Å². The largest absolute Gasteiger partial charge is 0.444 e. The van der Waals surface area contributed by atoms with Crippen LogP contribution in [0.2, 0.25) is 0 Å². The summed E-state index contributed by atoms with van der Waals surface area (Å²) < 4.78 is 6.75. The molecule has 0 saturated heterocycles. The fourth-order valence-electron chi connectivity index (χ4n) is 2.70. The fraction of sp³-hybridized carbons (Fsp3) is 0.625. The van der Waals surface area contributed by atoms with Crippen LogP contribution >= 0.6 is 0 Å². The van der Waals surface area contributed by atoms with Crippen LogP contribution in [-0.2, 0) is 4.74 Å². The minimum atomic E-state index is -0.647. The first-order valence-electron chi connectivity index (χ1n) is 7.65. The Morgan fingerprint density at radius 2 is 2.14 bits per heavy atom. The molecule has 0 bridgehead atoms. The normalized spacial score (nSPS) is 22.2. The second kappa shape index (κ2) is 6.52. The van der Waals surface area contributed by atoms with Crippen molar-refractivity contribution in [2.75, 3.05) is 5.32 Å². The van der Waals surface area contributed by atoms with Crippen LogP contribution in [0.15, 0.2) is 23.1 Å². The second-order valence-corrected chi connectivity index (χ2v) is 6.74. The highest BCUT2D eigenvalue weighted by Crippen LogP contribution is 2.27. The van der Waals surface area contributed by atoms with E-state index >= 15 is 0 Å². The van der Waals surface area contributed by atoms with Gasteiger partial charge in [-0.3, -0.25) is 10.1 Å². The third-order valence-electron chi connectivity index (χ3n) is 3.62. The summed E-state index contributed by atoms with van der Waals surface area (Å²) in [6.45, 7) is 5.29. The van der Waals surface area contributed by atoms with E-state index in [1.165, 1.54) is 0 Å². The Kier molecular flexibility index (Phi) is 4.90. The number of hydrogen-bond acceptors (Lipinski definition) is 4. The van der Waals surface area contributed by atoms with E-state index in [0.717, 1.165) is 19.3 Å². The zero-order valence-electron chi connectivity index (χ0n) is 13.3. The third kappa shape index (κ3) is 4.34. The van der Waals surface area contributed by atoms with Gasteiger partial charge < -0.3 is 14.4 Å². The number of carbonyl (C=O) groups is 1. The molecule has 2 N–H and O–H groups in total. The molecular weight excluding hydrogens is 284 g/mol. The summed E-state index contributed by atoms with van der Waals surface area (Å²) >= 11 is 0. The highest BCUT2D eigenvalue weighted by molar-refractivity contribution is 5.84. The summed E-state index contributed by atoms with van der Waals surface area (Å²) in [5, 5.41) is 12.3. The number of aliphatic hydroxyl groups is 1. The number of carbonyl (C=O) groups excluding carboxylic acids is 1. The standard InChI is InChI=1S/C16H24N2O4/c1-16(2,3)22-15(21)17-13-8-5-9-18(14(13)20)11-6-4-7-12(19)10-11/h5,8-9,11-12,19H,4,6-7,10H2,1-3H3,(H,17,21)/t11-,12-/m0/s1. The Bertz CT molecular complexity index is 589. The average Bonchev–Trinajstić information content (AvgIpc) is 2.39. The van der Waals surface area contributed by atoms with Crippen molar-refractivity contribution in [3.8, 4) is 0 Å². The first-order chi connectivity index (χ1) is 10.3. The molecule has 1 fully saturated rings. The van der Waals surface area contributed by atoms with Crippen molar-refractivity contribution < 1.29 is 14.6 Å². The number of ether oxygens (including phenoxy) is 1. The summed E-state index contributed by atoms with van der Waals surface area (Å²) in [5.74, 6) is 0. The summed E-state index contributed by atoms with van der Waals surface area (Å²) in [6, 6.07) is 3.24. The number of hydrogen-bond donors (Lipinski definition) is 2. The lowest BCUT2D eigenvalue weighted by Gasteiger charge is -2.27. The molecular formula is C16H24N2O4. The van der Waals surface area contributed by atoms with Crippen LogP contribution in [-0.4, -0.2) is 27.5 Å². The van der Waals surface area contributed by atoms with E-state index in [-0.39, 0.29) is 23.4 Å². The number of anilines is 1. The Morgan fingerprint density at radius 1 is 1.41 bits per heavy atom. The van der Waals surface area contributed by atoms with Gasteiger partial charge in [-0.1, -0.05) is 0 Å². The molecule has 0 unspecified atom stereocenters. The van der Waals surface area contributed by atoms with E-state index in [1.807, 2.05) is 0 Å². The zero-order valence-corrected chi connectivity index (χ0v) is 13.3. The van der Waals surface area contributed by atoms with Crippen LogP contribution < -0.4 is 10.9 Å². The molecule has 1 heterocycles. The van der Waals surface area contributed by atoms with Gasteiger partial charge in [0, 0.05) is 12.2 Å². The molecule has 0 aliphatic heterocycles. The summed E-state index contributed by atoms with van der Waals surface area (Å²) in [6.07, 6.45) is 3.77. The number of amides is 1. The number of rotatable bonds is 2.